The molecular weight excluding hydrogens is 301 g/mol. The van der Waals surface area contributed by atoms with E-state index in [9.17, 15) is 22.8 Å². The Labute approximate surface area is 124 Å². The molecule has 6 nitrogen and oxygen atoms in total. The fourth-order valence-electron chi connectivity index (χ4n) is 2.41. The SMILES string of the molecule is Cn1ccnc(NC(=O)C2CCN(CC(F)(F)F)CC2)c1=O. The molecule has 2 rings (SSSR count). The molecule has 0 atom stereocenters. The average Bonchev–Trinajstić information content (AvgIpc) is 2.43. The zero-order valence-electron chi connectivity index (χ0n) is 12.1. The molecular formula is C13H17F3N4O2. The normalized spacial score (nSPS) is 17.5. The van der Waals surface area contributed by atoms with Crippen LogP contribution < -0.4 is 10.9 Å². The van der Waals surface area contributed by atoms with Crippen molar-refractivity contribution in [2.24, 2.45) is 13.0 Å². The van der Waals surface area contributed by atoms with Crippen molar-refractivity contribution in [2.75, 3.05) is 25.0 Å². The Morgan fingerprint density at radius 3 is 2.64 bits per heavy atom. The third kappa shape index (κ3) is 4.30. The van der Waals surface area contributed by atoms with Crippen LogP contribution in [0, 0.1) is 5.92 Å². The molecule has 1 aromatic rings. The Morgan fingerprint density at radius 1 is 1.41 bits per heavy atom. The molecule has 0 saturated carbocycles. The van der Waals surface area contributed by atoms with Gasteiger partial charge in [-0.05, 0) is 25.9 Å². The van der Waals surface area contributed by atoms with Gasteiger partial charge in [0.25, 0.3) is 5.56 Å². The largest absolute Gasteiger partial charge is 0.401 e. The molecule has 1 aromatic heterocycles. The summed E-state index contributed by atoms with van der Waals surface area (Å²) in [6.07, 6.45) is -0.712. The number of halogens is 3. The predicted octanol–water partition coefficient (Wildman–Crippen LogP) is 0.993. The van der Waals surface area contributed by atoms with E-state index in [1.54, 1.807) is 0 Å². The summed E-state index contributed by atoms with van der Waals surface area (Å²) < 4.78 is 38.2. The van der Waals surface area contributed by atoms with Crippen LogP contribution in [0.5, 0.6) is 0 Å². The lowest BCUT2D eigenvalue weighted by molar-refractivity contribution is -0.149. The van der Waals surface area contributed by atoms with Crippen LogP contribution in [-0.2, 0) is 11.8 Å². The van der Waals surface area contributed by atoms with Gasteiger partial charge in [0.05, 0.1) is 6.54 Å². The number of carbonyl (C=O) groups excluding carboxylic acids is 1. The number of nitrogens with zero attached hydrogens (tertiary/aromatic N) is 3. The van der Waals surface area contributed by atoms with E-state index in [0.29, 0.717) is 12.8 Å². The van der Waals surface area contributed by atoms with E-state index in [-0.39, 0.29) is 24.8 Å². The minimum Gasteiger partial charge on any atom is -0.314 e. The summed E-state index contributed by atoms with van der Waals surface area (Å²) in [6, 6.07) is 0. The van der Waals surface area contributed by atoms with Crippen molar-refractivity contribution >= 4 is 11.7 Å². The van der Waals surface area contributed by atoms with E-state index in [4.69, 9.17) is 0 Å². The number of hydrogen-bond acceptors (Lipinski definition) is 4. The summed E-state index contributed by atoms with van der Waals surface area (Å²) in [4.78, 5) is 28.9. The molecule has 1 amide bonds. The van der Waals surface area contributed by atoms with E-state index in [2.05, 4.69) is 10.3 Å². The first-order valence-corrected chi connectivity index (χ1v) is 6.88. The molecule has 0 spiro atoms. The number of piperidine rings is 1. The van der Waals surface area contributed by atoms with Crippen LogP contribution in [0.15, 0.2) is 17.2 Å². The number of likely N-dealkylation sites (tertiary alicyclic amines) is 1. The molecule has 0 radical (unpaired) electrons. The Balaban J connectivity index is 1.90. The maximum Gasteiger partial charge on any atom is 0.401 e. The summed E-state index contributed by atoms with van der Waals surface area (Å²) in [7, 11) is 1.54. The highest BCUT2D eigenvalue weighted by Gasteiger charge is 2.34. The van der Waals surface area contributed by atoms with Crippen molar-refractivity contribution in [3.8, 4) is 0 Å². The molecule has 1 saturated heterocycles. The van der Waals surface area contributed by atoms with Gasteiger partial charge in [-0.25, -0.2) is 4.98 Å². The molecule has 0 aliphatic carbocycles. The zero-order chi connectivity index (χ0) is 16.3. The topological polar surface area (TPSA) is 67.2 Å². The molecule has 1 N–H and O–H groups in total. The molecule has 1 fully saturated rings. The number of alkyl halides is 3. The van der Waals surface area contributed by atoms with Gasteiger partial charge in [0.1, 0.15) is 0 Å². The number of anilines is 1. The van der Waals surface area contributed by atoms with E-state index >= 15 is 0 Å². The van der Waals surface area contributed by atoms with Crippen LogP contribution >= 0.6 is 0 Å². The average molecular weight is 318 g/mol. The number of rotatable bonds is 3. The van der Waals surface area contributed by atoms with E-state index in [1.807, 2.05) is 0 Å². The van der Waals surface area contributed by atoms with E-state index in [0.717, 1.165) is 0 Å². The summed E-state index contributed by atoms with van der Waals surface area (Å²) in [5.41, 5.74) is -0.426. The van der Waals surface area contributed by atoms with Crippen LogP contribution in [0.4, 0.5) is 19.0 Å². The molecule has 1 aliphatic heterocycles. The van der Waals surface area contributed by atoms with Gasteiger partial charge in [0.2, 0.25) is 5.91 Å². The van der Waals surface area contributed by atoms with Gasteiger partial charge in [0.15, 0.2) is 5.82 Å². The van der Waals surface area contributed by atoms with Crippen molar-refractivity contribution < 1.29 is 18.0 Å². The van der Waals surface area contributed by atoms with Crippen LogP contribution in [0.25, 0.3) is 0 Å². The highest BCUT2D eigenvalue weighted by atomic mass is 19.4. The molecule has 0 unspecified atom stereocenters. The molecule has 1 aliphatic rings. The Kier molecular flexibility index (Phi) is 4.84. The number of aromatic nitrogens is 2. The first-order valence-electron chi connectivity index (χ1n) is 6.88. The molecule has 22 heavy (non-hydrogen) atoms. The number of aryl methyl sites for hydroxylation is 1. The maximum absolute atomic E-state index is 12.3. The Hall–Kier alpha value is -1.90. The summed E-state index contributed by atoms with van der Waals surface area (Å²) >= 11 is 0. The van der Waals surface area contributed by atoms with Gasteiger partial charge in [0, 0.05) is 25.4 Å². The lowest BCUT2D eigenvalue weighted by Gasteiger charge is -2.31. The van der Waals surface area contributed by atoms with Crippen LogP contribution in [0.1, 0.15) is 12.8 Å². The van der Waals surface area contributed by atoms with Gasteiger partial charge in [-0.3, -0.25) is 14.5 Å². The highest BCUT2D eigenvalue weighted by Crippen LogP contribution is 2.23. The summed E-state index contributed by atoms with van der Waals surface area (Å²) in [5.74, 6) is -0.841. The Morgan fingerprint density at radius 2 is 2.05 bits per heavy atom. The minimum atomic E-state index is -4.23. The molecule has 122 valence electrons. The summed E-state index contributed by atoms with van der Waals surface area (Å²) in [5, 5.41) is 2.46. The second-order valence-corrected chi connectivity index (χ2v) is 5.35. The predicted molar refractivity (Wildman–Crippen MR) is 73.3 cm³/mol. The minimum absolute atomic E-state index is 0.0623. The zero-order valence-corrected chi connectivity index (χ0v) is 12.1. The molecule has 0 bridgehead atoms. The molecule has 9 heteroatoms. The number of hydrogen-bond donors (Lipinski definition) is 1. The van der Waals surface area contributed by atoms with Crippen molar-refractivity contribution in [3.63, 3.8) is 0 Å². The van der Waals surface area contributed by atoms with Crippen LogP contribution in [-0.4, -0.2) is 46.2 Å². The fraction of sp³-hybridized carbons (Fsp3) is 0.615. The van der Waals surface area contributed by atoms with E-state index < -0.39 is 24.2 Å². The van der Waals surface area contributed by atoms with Gasteiger partial charge in [-0.15, -0.1) is 0 Å². The van der Waals surface area contributed by atoms with Crippen molar-refractivity contribution in [1.29, 1.82) is 0 Å². The Bertz CT molecular complexity index is 592. The van der Waals surface area contributed by atoms with Gasteiger partial charge < -0.3 is 9.88 Å². The third-order valence-electron chi connectivity index (χ3n) is 3.62. The van der Waals surface area contributed by atoms with Crippen molar-refractivity contribution in [1.82, 2.24) is 14.5 Å². The molecule has 2 heterocycles. The summed E-state index contributed by atoms with van der Waals surface area (Å²) in [6.45, 7) is -0.544. The van der Waals surface area contributed by atoms with Gasteiger partial charge in [-0.2, -0.15) is 13.2 Å². The lowest BCUT2D eigenvalue weighted by Crippen LogP contribution is -2.42. The monoisotopic (exact) mass is 318 g/mol. The van der Waals surface area contributed by atoms with Crippen molar-refractivity contribution in [2.45, 2.75) is 19.0 Å². The number of amides is 1. The number of nitrogens with one attached hydrogen (secondary N) is 1. The highest BCUT2D eigenvalue weighted by molar-refractivity contribution is 5.91. The van der Waals surface area contributed by atoms with E-state index in [1.165, 1.54) is 28.9 Å². The van der Waals surface area contributed by atoms with Crippen LogP contribution in [0.2, 0.25) is 0 Å². The first-order chi connectivity index (χ1) is 10.3. The maximum atomic E-state index is 12.3. The fourth-order valence-corrected chi connectivity index (χ4v) is 2.41. The van der Waals surface area contributed by atoms with Gasteiger partial charge in [-0.1, -0.05) is 0 Å². The quantitative estimate of drug-likeness (QED) is 0.903. The second-order valence-electron chi connectivity index (χ2n) is 5.35. The standard InChI is InChI=1S/C13H17F3N4O2/c1-19-7-4-17-10(12(19)22)18-11(21)9-2-5-20(6-3-9)8-13(14,15)16/h4,7,9H,2-3,5-6,8H2,1H3,(H,17,18,21). The number of carbonyl (C=O) groups is 1. The van der Waals surface area contributed by atoms with Gasteiger partial charge >= 0.3 is 6.18 Å². The van der Waals surface area contributed by atoms with Crippen LogP contribution in [0.3, 0.4) is 0 Å². The molecule has 0 aromatic carbocycles. The third-order valence-corrected chi connectivity index (χ3v) is 3.62. The smallest absolute Gasteiger partial charge is 0.314 e. The second kappa shape index (κ2) is 6.47. The lowest BCUT2D eigenvalue weighted by atomic mass is 9.96. The van der Waals surface area contributed by atoms with Crippen molar-refractivity contribution in [3.05, 3.63) is 22.7 Å². The first kappa shape index (κ1) is 16.5.